The number of benzene rings is 2. The second-order valence-electron chi connectivity index (χ2n) is 6.31. The van der Waals surface area contributed by atoms with Crippen molar-refractivity contribution in [3.8, 4) is 11.5 Å². The van der Waals surface area contributed by atoms with E-state index in [1.165, 1.54) is 22.9 Å². The smallest absolute Gasteiger partial charge is 0.286 e. The molecule has 0 unspecified atom stereocenters. The van der Waals surface area contributed by atoms with Crippen LogP contribution in [0.5, 0.6) is 11.5 Å². The van der Waals surface area contributed by atoms with Crippen LogP contribution in [0.1, 0.15) is 23.1 Å². The van der Waals surface area contributed by atoms with E-state index in [4.69, 9.17) is 15.2 Å². The van der Waals surface area contributed by atoms with Crippen LogP contribution >= 0.6 is 11.8 Å². The van der Waals surface area contributed by atoms with E-state index in [9.17, 15) is 4.79 Å². The number of ether oxygens (including phenoxy) is 2. The molecule has 0 radical (unpaired) electrons. The fourth-order valence-electron chi connectivity index (χ4n) is 2.73. The lowest BCUT2D eigenvalue weighted by molar-refractivity contribution is -0.113. The van der Waals surface area contributed by atoms with Gasteiger partial charge in [0.15, 0.2) is 5.17 Å². The van der Waals surface area contributed by atoms with Gasteiger partial charge in [-0.15, -0.1) is 0 Å². The lowest BCUT2D eigenvalue weighted by Gasteiger charge is -2.10. The van der Waals surface area contributed by atoms with Gasteiger partial charge in [-0.25, -0.2) is 0 Å². The van der Waals surface area contributed by atoms with E-state index in [0.717, 1.165) is 23.5 Å². The number of amides is 1. The number of nitrogens with zero attached hydrogens (tertiary/aromatic N) is 1. The molecule has 2 aromatic carbocycles. The van der Waals surface area contributed by atoms with Gasteiger partial charge < -0.3 is 15.2 Å². The normalized spacial score (nSPS) is 15.1. The van der Waals surface area contributed by atoms with E-state index in [2.05, 4.69) is 24.9 Å². The molecule has 0 spiro atoms. The quantitative estimate of drug-likeness (QED) is 0.577. The second-order valence-corrected chi connectivity index (χ2v) is 7.37. The van der Waals surface area contributed by atoms with Crippen molar-refractivity contribution in [3.05, 3.63) is 64.1 Å². The highest BCUT2D eigenvalue weighted by Crippen LogP contribution is 2.27. The van der Waals surface area contributed by atoms with Gasteiger partial charge in [-0.2, -0.15) is 4.99 Å². The SMILES string of the molecule is Cc1cc(C)cc(OCCCOc2cccc(/C=C3\SC(N)=NC3=O)c2)c1. The van der Waals surface area contributed by atoms with Crippen LogP contribution in [0.25, 0.3) is 6.08 Å². The summed E-state index contributed by atoms with van der Waals surface area (Å²) in [4.78, 5) is 15.9. The maximum absolute atomic E-state index is 11.7. The molecule has 0 aliphatic carbocycles. The topological polar surface area (TPSA) is 73.9 Å². The number of carbonyl (C=O) groups is 1. The Labute approximate surface area is 163 Å². The largest absolute Gasteiger partial charge is 0.493 e. The molecule has 1 aliphatic heterocycles. The molecule has 1 amide bonds. The number of hydrogen-bond acceptors (Lipinski definition) is 5. The average Bonchev–Trinajstić information content (AvgIpc) is 2.91. The molecule has 6 heteroatoms. The van der Waals surface area contributed by atoms with Gasteiger partial charge in [-0.3, -0.25) is 4.79 Å². The molecule has 2 N–H and O–H groups in total. The number of thioether (sulfide) groups is 1. The maximum Gasteiger partial charge on any atom is 0.286 e. The minimum atomic E-state index is -0.299. The summed E-state index contributed by atoms with van der Waals surface area (Å²) < 4.78 is 11.6. The van der Waals surface area contributed by atoms with Gasteiger partial charge in [0.2, 0.25) is 0 Å². The number of aryl methyl sites for hydroxylation is 2. The van der Waals surface area contributed by atoms with Crippen LogP contribution < -0.4 is 15.2 Å². The Bertz CT molecular complexity index is 886. The lowest BCUT2D eigenvalue weighted by atomic mass is 10.1. The standard InChI is InChI=1S/C21H22N2O3S/c1-14-9-15(2)11-18(10-14)26-8-4-7-25-17-6-3-5-16(12-17)13-19-20(24)23-21(22)27-19/h3,5-6,9-13H,4,7-8H2,1-2H3,(H2,22,23,24)/b19-13-. The third-order valence-electron chi connectivity index (χ3n) is 3.81. The highest BCUT2D eigenvalue weighted by molar-refractivity contribution is 8.18. The fourth-order valence-corrected chi connectivity index (χ4v) is 3.41. The molecule has 5 nitrogen and oxygen atoms in total. The summed E-state index contributed by atoms with van der Waals surface area (Å²) in [6.07, 6.45) is 2.55. The molecular weight excluding hydrogens is 360 g/mol. The molecule has 140 valence electrons. The van der Waals surface area contributed by atoms with E-state index >= 15 is 0 Å². The molecule has 27 heavy (non-hydrogen) atoms. The summed E-state index contributed by atoms with van der Waals surface area (Å²) >= 11 is 1.18. The fraction of sp³-hybridized carbons (Fsp3) is 0.238. The van der Waals surface area contributed by atoms with E-state index in [1.54, 1.807) is 6.08 Å². The molecular formula is C21H22N2O3S. The lowest BCUT2D eigenvalue weighted by Crippen LogP contribution is -2.05. The van der Waals surface area contributed by atoms with Crippen LogP contribution in [-0.2, 0) is 4.79 Å². The molecule has 1 heterocycles. The van der Waals surface area contributed by atoms with Gasteiger partial charge >= 0.3 is 0 Å². The molecule has 2 aromatic rings. The number of amidine groups is 1. The average molecular weight is 382 g/mol. The number of carbonyl (C=O) groups excluding carboxylic acids is 1. The molecule has 0 saturated carbocycles. The molecule has 0 aromatic heterocycles. The van der Waals surface area contributed by atoms with Crippen LogP contribution in [0.15, 0.2) is 52.4 Å². The third kappa shape index (κ3) is 5.62. The van der Waals surface area contributed by atoms with Gasteiger partial charge in [-0.1, -0.05) is 18.2 Å². The predicted molar refractivity (Wildman–Crippen MR) is 110 cm³/mol. The first-order valence-corrected chi connectivity index (χ1v) is 9.53. The highest BCUT2D eigenvalue weighted by atomic mass is 32.2. The maximum atomic E-state index is 11.7. The van der Waals surface area contributed by atoms with Gasteiger partial charge in [0.05, 0.1) is 18.1 Å². The van der Waals surface area contributed by atoms with Crippen LogP contribution in [0.3, 0.4) is 0 Å². The van der Waals surface area contributed by atoms with Crippen LogP contribution in [0, 0.1) is 13.8 Å². The van der Waals surface area contributed by atoms with Crippen LogP contribution in [0.2, 0.25) is 0 Å². The number of rotatable bonds is 7. The van der Waals surface area contributed by atoms with Crippen molar-refractivity contribution >= 4 is 28.9 Å². The highest BCUT2D eigenvalue weighted by Gasteiger charge is 2.19. The zero-order chi connectivity index (χ0) is 19.2. The van der Waals surface area contributed by atoms with E-state index in [0.29, 0.717) is 18.1 Å². The number of aliphatic imine (C=N–C) groups is 1. The minimum absolute atomic E-state index is 0.280. The summed E-state index contributed by atoms with van der Waals surface area (Å²) in [5.74, 6) is 1.34. The Morgan fingerprint density at radius 2 is 1.74 bits per heavy atom. The number of nitrogens with two attached hydrogens (primary N) is 1. The summed E-state index contributed by atoms with van der Waals surface area (Å²) in [6, 6.07) is 13.8. The first-order chi connectivity index (χ1) is 13.0. The van der Waals surface area contributed by atoms with Crippen molar-refractivity contribution < 1.29 is 14.3 Å². The van der Waals surface area contributed by atoms with E-state index < -0.39 is 0 Å². The molecule has 1 aliphatic rings. The Balaban J connectivity index is 1.47. The summed E-state index contributed by atoms with van der Waals surface area (Å²) in [5, 5.41) is 0.280. The van der Waals surface area contributed by atoms with Gasteiger partial charge in [0, 0.05) is 6.42 Å². The zero-order valence-electron chi connectivity index (χ0n) is 15.4. The molecule has 3 rings (SSSR count). The first-order valence-electron chi connectivity index (χ1n) is 8.71. The molecule has 0 saturated heterocycles. The monoisotopic (exact) mass is 382 g/mol. The summed E-state index contributed by atoms with van der Waals surface area (Å²) in [7, 11) is 0. The number of hydrogen-bond donors (Lipinski definition) is 1. The predicted octanol–water partition coefficient (Wildman–Crippen LogP) is 4.08. The Hall–Kier alpha value is -2.73. The Kier molecular flexibility index (Phi) is 6.19. The van der Waals surface area contributed by atoms with Gasteiger partial charge in [-0.05, 0) is 72.6 Å². The summed E-state index contributed by atoms with van der Waals surface area (Å²) in [5.41, 5.74) is 8.83. The van der Waals surface area contributed by atoms with Crippen molar-refractivity contribution in [1.82, 2.24) is 0 Å². The van der Waals surface area contributed by atoms with Crippen LogP contribution in [-0.4, -0.2) is 24.3 Å². The molecule has 0 fully saturated rings. The molecule has 0 bridgehead atoms. The molecule has 0 atom stereocenters. The Morgan fingerprint density at radius 1 is 1.04 bits per heavy atom. The Morgan fingerprint density at radius 3 is 2.41 bits per heavy atom. The minimum Gasteiger partial charge on any atom is -0.493 e. The van der Waals surface area contributed by atoms with E-state index in [1.807, 2.05) is 36.4 Å². The van der Waals surface area contributed by atoms with E-state index in [-0.39, 0.29) is 11.1 Å². The van der Waals surface area contributed by atoms with Crippen molar-refractivity contribution in [2.45, 2.75) is 20.3 Å². The van der Waals surface area contributed by atoms with Crippen LogP contribution in [0.4, 0.5) is 0 Å². The van der Waals surface area contributed by atoms with Crippen molar-refractivity contribution in [2.24, 2.45) is 10.7 Å². The van der Waals surface area contributed by atoms with Crippen molar-refractivity contribution in [2.75, 3.05) is 13.2 Å². The zero-order valence-corrected chi connectivity index (χ0v) is 16.2. The van der Waals surface area contributed by atoms with Crippen molar-refractivity contribution in [3.63, 3.8) is 0 Å². The van der Waals surface area contributed by atoms with Gasteiger partial charge in [0.25, 0.3) is 5.91 Å². The third-order valence-corrected chi connectivity index (χ3v) is 4.63. The summed E-state index contributed by atoms with van der Waals surface area (Å²) in [6.45, 7) is 5.26. The van der Waals surface area contributed by atoms with Gasteiger partial charge in [0.1, 0.15) is 11.5 Å². The second kappa shape index (κ2) is 8.77. The first kappa shape index (κ1) is 19.0. The van der Waals surface area contributed by atoms with Crippen molar-refractivity contribution in [1.29, 1.82) is 0 Å².